The number of hydrogen-bond donors (Lipinski definition) is 0. The molecule has 6 nitrogen and oxygen atoms in total. The Balaban J connectivity index is 2.02. The highest BCUT2D eigenvalue weighted by molar-refractivity contribution is 7.99. The van der Waals surface area contributed by atoms with Gasteiger partial charge in [0, 0.05) is 17.0 Å². The first-order valence-corrected chi connectivity index (χ1v) is 8.90. The van der Waals surface area contributed by atoms with Gasteiger partial charge in [-0.25, -0.2) is 22.0 Å². The summed E-state index contributed by atoms with van der Waals surface area (Å²) < 4.78 is 68.6. The highest BCUT2D eigenvalue weighted by atomic mass is 32.2. The molecule has 0 spiro atoms. The van der Waals surface area contributed by atoms with E-state index in [1.54, 1.807) is 0 Å². The summed E-state index contributed by atoms with van der Waals surface area (Å²) in [5, 5.41) is 14.6. The SMILES string of the molecule is Cc1nn(C(=O)c2c(F)c(F)c(F)c(F)c2F)c(C)c1Sc1ccc([N+](=O)[O-])cc1. The van der Waals surface area contributed by atoms with Crippen molar-refractivity contribution < 1.29 is 31.7 Å². The molecule has 3 rings (SSSR count). The molecule has 0 bridgehead atoms. The molecular weight excluding hydrogens is 433 g/mol. The summed E-state index contributed by atoms with van der Waals surface area (Å²) in [6.45, 7) is 2.85. The summed E-state index contributed by atoms with van der Waals surface area (Å²) in [7, 11) is 0. The minimum atomic E-state index is -2.37. The first-order chi connectivity index (χ1) is 14.0. The van der Waals surface area contributed by atoms with Crippen molar-refractivity contribution >= 4 is 23.4 Å². The summed E-state index contributed by atoms with van der Waals surface area (Å²) in [6, 6.07) is 5.42. The zero-order chi connectivity index (χ0) is 22.3. The number of nitro groups is 1. The third-order valence-electron chi connectivity index (χ3n) is 4.11. The fraction of sp³-hybridized carbons (Fsp3) is 0.111. The molecule has 0 aliphatic heterocycles. The summed E-state index contributed by atoms with van der Waals surface area (Å²) in [5.41, 5.74) is -1.42. The molecule has 0 atom stereocenters. The van der Waals surface area contributed by atoms with Crippen molar-refractivity contribution in [2.45, 2.75) is 23.6 Å². The topological polar surface area (TPSA) is 78.0 Å². The smallest absolute Gasteiger partial charge is 0.266 e. The van der Waals surface area contributed by atoms with Crippen molar-refractivity contribution in [2.75, 3.05) is 0 Å². The molecule has 0 amide bonds. The molecule has 0 aliphatic carbocycles. The Hall–Kier alpha value is -3.28. The molecule has 1 heterocycles. The molecule has 3 aromatic rings. The normalized spacial score (nSPS) is 11.0. The second-order valence-electron chi connectivity index (χ2n) is 6.01. The Morgan fingerprint density at radius 2 is 1.47 bits per heavy atom. The fourth-order valence-corrected chi connectivity index (χ4v) is 3.56. The molecule has 12 heteroatoms. The second-order valence-corrected chi connectivity index (χ2v) is 7.10. The molecule has 30 heavy (non-hydrogen) atoms. The van der Waals surface area contributed by atoms with Gasteiger partial charge in [-0.15, -0.1) is 0 Å². The van der Waals surface area contributed by atoms with E-state index in [0.717, 1.165) is 11.8 Å². The highest BCUT2D eigenvalue weighted by Gasteiger charge is 2.32. The fourth-order valence-electron chi connectivity index (χ4n) is 2.63. The number of carbonyl (C=O) groups excluding carboxylic acids is 1. The number of nitrogens with zero attached hydrogens (tertiary/aromatic N) is 3. The van der Waals surface area contributed by atoms with Crippen LogP contribution in [0.25, 0.3) is 0 Å². The minimum Gasteiger partial charge on any atom is -0.266 e. The van der Waals surface area contributed by atoms with E-state index in [9.17, 15) is 36.9 Å². The Morgan fingerprint density at radius 3 is 1.97 bits per heavy atom. The number of aryl methyl sites for hydroxylation is 1. The molecule has 0 N–H and O–H groups in total. The van der Waals surface area contributed by atoms with E-state index in [2.05, 4.69) is 5.10 Å². The quantitative estimate of drug-likeness (QED) is 0.188. The lowest BCUT2D eigenvalue weighted by molar-refractivity contribution is -0.384. The van der Waals surface area contributed by atoms with Crippen LogP contribution in [0.2, 0.25) is 0 Å². The molecule has 0 aliphatic rings. The summed E-state index contributed by atoms with van der Waals surface area (Å²) >= 11 is 1.06. The van der Waals surface area contributed by atoms with Gasteiger partial charge in [-0.3, -0.25) is 14.9 Å². The molecular formula is C18H10F5N3O3S. The van der Waals surface area contributed by atoms with Crippen LogP contribution in [0.3, 0.4) is 0 Å². The maximum absolute atomic E-state index is 14.0. The van der Waals surface area contributed by atoms with Gasteiger partial charge in [0.25, 0.3) is 11.6 Å². The van der Waals surface area contributed by atoms with Crippen LogP contribution in [0.15, 0.2) is 34.1 Å². The van der Waals surface area contributed by atoms with Crippen LogP contribution in [0.5, 0.6) is 0 Å². The monoisotopic (exact) mass is 443 g/mol. The molecule has 2 aromatic carbocycles. The van der Waals surface area contributed by atoms with Gasteiger partial charge in [0.05, 0.1) is 21.2 Å². The standard InChI is InChI=1S/C18H10F5N3O3S/c1-7-17(30-10-5-3-9(4-6-10)26(28)29)8(2)25(24-7)18(27)11-12(19)14(21)16(23)15(22)13(11)20/h3-6H,1-2H3. The number of hydrogen-bond acceptors (Lipinski definition) is 5. The van der Waals surface area contributed by atoms with Gasteiger partial charge in [0.15, 0.2) is 23.3 Å². The molecule has 156 valence electrons. The van der Waals surface area contributed by atoms with Crippen LogP contribution in [0.1, 0.15) is 21.7 Å². The zero-order valence-corrected chi connectivity index (χ0v) is 16.0. The molecule has 0 fully saturated rings. The summed E-state index contributed by atoms with van der Waals surface area (Å²) in [4.78, 5) is 23.6. The van der Waals surface area contributed by atoms with E-state index in [1.165, 1.54) is 38.1 Å². The van der Waals surface area contributed by atoms with Crippen molar-refractivity contribution in [1.82, 2.24) is 9.78 Å². The first kappa shape index (κ1) is 21.4. The van der Waals surface area contributed by atoms with E-state index >= 15 is 0 Å². The Kier molecular flexibility index (Phi) is 5.61. The number of nitro benzene ring substituents is 1. The van der Waals surface area contributed by atoms with E-state index in [1.807, 2.05) is 0 Å². The lowest BCUT2D eigenvalue weighted by atomic mass is 10.1. The minimum absolute atomic E-state index is 0.0878. The molecule has 0 saturated carbocycles. The largest absolute Gasteiger partial charge is 0.284 e. The number of aromatic nitrogens is 2. The van der Waals surface area contributed by atoms with E-state index in [4.69, 9.17) is 0 Å². The molecule has 0 saturated heterocycles. The number of rotatable bonds is 4. The van der Waals surface area contributed by atoms with Gasteiger partial charge in [-0.2, -0.15) is 9.78 Å². The Bertz CT molecular complexity index is 1170. The second kappa shape index (κ2) is 7.86. The van der Waals surface area contributed by atoms with Crippen molar-refractivity contribution in [3.8, 4) is 0 Å². The lowest BCUT2D eigenvalue weighted by Gasteiger charge is -2.08. The van der Waals surface area contributed by atoms with Gasteiger partial charge >= 0.3 is 0 Å². The predicted molar refractivity (Wildman–Crippen MR) is 94.9 cm³/mol. The van der Waals surface area contributed by atoms with Gasteiger partial charge in [-0.1, -0.05) is 11.8 Å². The van der Waals surface area contributed by atoms with E-state index in [0.29, 0.717) is 14.5 Å². The first-order valence-electron chi connectivity index (χ1n) is 8.09. The number of carbonyl (C=O) groups is 1. The van der Waals surface area contributed by atoms with Crippen LogP contribution in [-0.4, -0.2) is 20.6 Å². The van der Waals surface area contributed by atoms with Crippen LogP contribution in [0, 0.1) is 53.0 Å². The third kappa shape index (κ3) is 3.54. The van der Waals surface area contributed by atoms with Crippen molar-refractivity contribution in [2.24, 2.45) is 0 Å². The molecule has 0 radical (unpaired) electrons. The summed E-state index contributed by atoms with van der Waals surface area (Å²) in [6.07, 6.45) is 0. The van der Waals surface area contributed by atoms with Crippen molar-refractivity contribution in [3.05, 3.63) is 80.4 Å². The van der Waals surface area contributed by atoms with Crippen LogP contribution in [-0.2, 0) is 0 Å². The van der Waals surface area contributed by atoms with Gasteiger partial charge < -0.3 is 0 Å². The van der Waals surface area contributed by atoms with Gasteiger partial charge in [0.2, 0.25) is 5.82 Å². The maximum Gasteiger partial charge on any atom is 0.284 e. The molecule has 0 unspecified atom stereocenters. The van der Waals surface area contributed by atoms with Crippen LogP contribution >= 0.6 is 11.8 Å². The highest BCUT2D eigenvalue weighted by Crippen LogP contribution is 2.34. The number of halogens is 5. The van der Waals surface area contributed by atoms with E-state index in [-0.39, 0.29) is 17.1 Å². The Morgan fingerprint density at radius 1 is 0.967 bits per heavy atom. The zero-order valence-electron chi connectivity index (χ0n) is 15.2. The van der Waals surface area contributed by atoms with E-state index < -0.39 is 45.5 Å². The third-order valence-corrected chi connectivity index (χ3v) is 5.41. The van der Waals surface area contributed by atoms with Crippen molar-refractivity contribution in [3.63, 3.8) is 0 Å². The van der Waals surface area contributed by atoms with Crippen molar-refractivity contribution in [1.29, 1.82) is 0 Å². The average Bonchev–Trinajstić information content (AvgIpc) is 2.99. The lowest BCUT2D eigenvalue weighted by Crippen LogP contribution is -2.21. The Labute approximate surface area is 169 Å². The molecule has 1 aromatic heterocycles. The summed E-state index contributed by atoms with van der Waals surface area (Å²) in [5.74, 6) is -12.9. The predicted octanol–water partition coefficient (Wildman–Crippen LogP) is 4.94. The maximum atomic E-state index is 14.0. The van der Waals surface area contributed by atoms with Gasteiger partial charge in [0.1, 0.15) is 5.56 Å². The number of non-ortho nitro benzene ring substituents is 1. The average molecular weight is 443 g/mol. The van der Waals surface area contributed by atoms with Crippen LogP contribution < -0.4 is 0 Å². The van der Waals surface area contributed by atoms with Gasteiger partial charge in [-0.05, 0) is 26.0 Å². The number of benzene rings is 2. The van der Waals surface area contributed by atoms with Crippen LogP contribution in [0.4, 0.5) is 27.6 Å².